The second-order valence-electron chi connectivity index (χ2n) is 4.93. The molecule has 0 amide bonds. The van der Waals surface area contributed by atoms with Crippen molar-refractivity contribution in [3.8, 4) is 0 Å². The Labute approximate surface area is 94.8 Å². The molecule has 0 nitrogen and oxygen atoms in total. The van der Waals surface area contributed by atoms with E-state index in [1.165, 1.54) is 31.3 Å². The molecule has 0 saturated heterocycles. The van der Waals surface area contributed by atoms with Gasteiger partial charge >= 0.3 is 0 Å². The molecule has 0 spiro atoms. The minimum absolute atomic E-state index is 0.793. The van der Waals surface area contributed by atoms with E-state index in [0.29, 0.717) is 0 Å². The lowest BCUT2D eigenvalue weighted by Gasteiger charge is -2.27. The Morgan fingerprint density at radius 1 is 1.13 bits per heavy atom. The van der Waals surface area contributed by atoms with Gasteiger partial charge in [0, 0.05) is 0 Å². The summed E-state index contributed by atoms with van der Waals surface area (Å²) < 4.78 is 0. The van der Waals surface area contributed by atoms with Gasteiger partial charge in [-0.2, -0.15) is 0 Å². The standard InChI is InChI=1S/C15H24/c1-5-14(9-6-12(2)3)15-10-7-13(4)8-11-15/h5-6,9,13,15H,2,7-8,10-11H2,1,3-4H3. The number of hydrogen-bond donors (Lipinski definition) is 0. The van der Waals surface area contributed by atoms with Gasteiger partial charge in [0.1, 0.15) is 0 Å². The van der Waals surface area contributed by atoms with Gasteiger partial charge in [-0.1, -0.05) is 50.1 Å². The molecule has 0 heterocycles. The maximum Gasteiger partial charge on any atom is -0.0165 e. The molecule has 0 aromatic carbocycles. The highest BCUT2D eigenvalue weighted by molar-refractivity contribution is 5.27. The third kappa shape index (κ3) is 4.07. The minimum atomic E-state index is 0.793. The zero-order chi connectivity index (χ0) is 11.3. The molecular formula is C15H24. The summed E-state index contributed by atoms with van der Waals surface area (Å²) in [6.07, 6.45) is 12.2. The zero-order valence-electron chi connectivity index (χ0n) is 10.4. The summed E-state index contributed by atoms with van der Waals surface area (Å²) in [6.45, 7) is 10.5. The van der Waals surface area contributed by atoms with Crippen molar-refractivity contribution in [1.82, 2.24) is 0 Å². The fraction of sp³-hybridized carbons (Fsp3) is 0.600. The van der Waals surface area contributed by atoms with Crippen LogP contribution in [0.1, 0.15) is 46.5 Å². The predicted octanol–water partition coefficient (Wildman–Crippen LogP) is 4.89. The van der Waals surface area contributed by atoms with Gasteiger partial charge in [-0.25, -0.2) is 0 Å². The smallest absolute Gasteiger partial charge is 0.0165 e. The first kappa shape index (κ1) is 12.3. The summed E-state index contributed by atoms with van der Waals surface area (Å²) in [4.78, 5) is 0. The predicted molar refractivity (Wildman–Crippen MR) is 68.8 cm³/mol. The van der Waals surface area contributed by atoms with Crippen LogP contribution in [0.15, 0.2) is 36.0 Å². The third-order valence-corrected chi connectivity index (χ3v) is 3.38. The Morgan fingerprint density at radius 2 is 1.73 bits per heavy atom. The van der Waals surface area contributed by atoms with Crippen molar-refractivity contribution in [2.75, 3.05) is 0 Å². The van der Waals surface area contributed by atoms with Crippen LogP contribution in [0.5, 0.6) is 0 Å². The zero-order valence-corrected chi connectivity index (χ0v) is 10.4. The summed E-state index contributed by atoms with van der Waals surface area (Å²) >= 11 is 0. The summed E-state index contributed by atoms with van der Waals surface area (Å²) in [5.74, 6) is 1.73. The highest BCUT2D eigenvalue weighted by atomic mass is 14.2. The Balaban J connectivity index is 2.56. The fourth-order valence-electron chi connectivity index (χ4n) is 2.30. The van der Waals surface area contributed by atoms with E-state index in [0.717, 1.165) is 17.4 Å². The van der Waals surface area contributed by atoms with Crippen molar-refractivity contribution in [2.45, 2.75) is 46.5 Å². The van der Waals surface area contributed by atoms with Gasteiger partial charge in [0.05, 0.1) is 0 Å². The number of hydrogen-bond acceptors (Lipinski definition) is 0. The summed E-state index contributed by atoms with van der Waals surface area (Å²) in [5, 5.41) is 0. The molecule has 1 rings (SSSR count). The molecule has 0 heteroatoms. The topological polar surface area (TPSA) is 0 Å². The van der Waals surface area contributed by atoms with Crippen LogP contribution in [0, 0.1) is 11.8 Å². The van der Waals surface area contributed by atoms with Gasteiger partial charge in [-0.05, 0) is 44.1 Å². The van der Waals surface area contributed by atoms with Gasteiger partial charge in [0.2, 0.25) is 0 Å². The first-order valence-electron chi connectivity index (χ1n) is 6.13. The molecule has 0 aromatic rings. The van der Waals surface area contributed by atoms with Crippen molar-refractivity contribution in [2.24, 2.45) is 11.8 Å². The Morgan fingerprint density at radius 3 is 2.20 bits per heavy atom. The van der Waals surface area contributed by atoms with E-state index in [1.54, 1.807) is 0 Å². The molecule has 0 N–H and O–H groups in total. The monoisotopic (exact) mass is 204 g/mol. The minimum Gasteiger partial charge on any atom is -0.0961 e. The molecule has 0 unspecified atom stereocenters. The van der Waals surface area contributed by atoms with Crippen LogP contribution in [0.3, 0.4) is 0 Å². The van der Waals surface area contributed by atoms with E-state index in [2.05, 4.69) is 38.7 Å². The maximum atomic E-state index is 3.90. The lowest BCUT2D eigenvalue weighted by molar-refractivity contribution is 0.323. The van der Waals surface area contributed by atoms with Crippen LogP contribution in [0.25, 0.3) is 0 Å². The van der Waals surface area contributed by atoms with Gasteiger partial charge < -0.3 is 0 Å². The summed E-state index contributed by atoms with van der Waals surface area (Å²) in [5.41, 5.74) is 2.64. The first-order chi connectivity index (χ1) is 7.13. The number of rotatable bonds is 3. The molecule has 0 radical (unpaired) electrons. The molecular weight excluding hydrogens is 180 g/mol. The van der Waals surface area contributed by atoms with Crippen molar-refractivity contribution in [3.05, 3.63) is 36.0 Å². The maximum absolute atomic E-state index is 3.90. The van der Waals surface area contributed by atoms with E-state index >= 15 is 0 Å². The molecule has 0 atom stereocenters. The normalized spacial score (nSPS) is 28.3. The lowest BCUT2D eigenvalue weighted by Crippen LogP contribution is -2.13. The van der Waals surface area contributed by atoms with Crippen LogP contribution in [-0.4, -0.2) is 0 Å². The Bertz CT molecular complexity index is 260. The average molecular weight is 204 g/mol. The molecule has 0 aliphatic heterocycles. The molecule has 0 aromatic heterocycles. The fourth-order valence-corrected chi connectivity index (χ4v) is 2.30. The molecule has 1 aliphatic carbocycles. The van der Waals surface area contributed by atoms with Crippen LogP contribution in [0.4, 0.5) is 0 Å². The van der Waals surface area contributed by atoms with Crippen LogP contribution in [-0.2, 0) is 0 Å². The Kier molecular flexibility index (Phi) is 4.87. The van der Waals surface area contributed by atoms with E-state index in [1.807, 2.05) is 6.92 Å². The second kappa shape index (κ2) is 5.95. The van der Waals surface area contributed by atoms with Crippen molar-refractivity contribution in [1.29, 1.82) is 0 Å². The van der Waals surface area contributed by atoms with Crippen LogP contribution >= 0.6 is 0 Å². The van der Waals surface area contributed by atoms with E-state index in [-0.39, 0.29) is 0 Å². The Hall–Kier alpha value is -0.780. The lowest BCUT2D eigenvalue weighted by atomic mass is 9.79. The molecule has 84 valence electrons. The van der Waals surface area contributed by atoms with E-state index in [4.69, 9.17) is 0 Å². The summed E-state index contributed by atoms with van der Waals surface area (Å²) in [6, 6.07) is 0. The summed E-state index contributed by atoms with van der Waals surface area (Å²) in [7, 11) is 0. The second-order valence-corrected chi connectivity index (χ2v) is 4.93. The average Bonchev–Trinajstić information content (AvgIpc) is 2.21. The van der Waals surface area contributed by atoms with Crippen LogP contribution < -0.4 is 0 Å². The molecule has 0 bridgehead atoms. The molecule has 1 saturated carbocycles. The molecule has 1 fully saturated rings. The third-order valence-electron chi connectivity index (χ3n) is 3.38. The van der Waals surface area contributed by atoms with Gasteiger partial charge in [-0.3, -0.25) is 0 Å². The SMILES string of the molecule is C=C(C)C=CC(=CC)C1CCC(C)CC1. The van der Waals surface area contributed by atoms with Crippen molar-refractivity contribution in [3.63, 3.8) is 0 Å². The largest absolute Gasteiger partial charge is 0.0961 e. The highest BCUT2D eigenvalue weighted by Crippen LogP contribution is 2.33. The van der Waals surface area contributed by atoms with Crippen molar-refractivity contribution < 1.29 is 0 Å². The molecule has 15 heavy (non-hydrogen) atoms. The molecule has 1 aliphatic rings. The van der Waals surface area contributed by atoms with Gasteiger partial charge in [0.25, 0.3) is 0 Å². The quantitative estimate of drug-likeness (QED) is 0.574. The van der Waals surface area contributed by atoms with Gasteiger partial charge in [-0.15, -0.1) is 0 Å². The van der Waals surface area contributed by atoms with Crippen LogP contribution in [0.2, 0.25) is 0 Å². The number of allylic oxidation sites excluding steroid dienone is 5. The highest BCUT2D eigenvalue weighted by Gasteiger charge is 2.19. The van der Waals surface area contributed by atoms with E-state index < -0.39 is 0 Å². The first-order valence-corrected chi connectivity index (χ1v) is 6.13. The van der Waals surface area contributed by atoms with E-state index in [9.17, 15) is 0 Å². The van der Waals surface area contributed by atoms with Crippen molar-refractivity contribution >= 4 is 0 Å². The van der Waals surface area contributed by atoms with Gasteiger partial charge in [0.15, 0.2) is 0 Å².